The van der Waals surface area contributed by atoms with E-state index in [9.17, 15) is 13.2 Å². The van der Waals surface area contributed by atoms with Crippen molar-refractivity contribution in [3.63, 3.8) is 0 Å². The number of fused-ring (bicyclic) bond motifs is 1. The van der Waals surface area contributed by atoms with Crippen LogP contribution in [0.2, 0.25) is 0 Å². The van der Waals surface area contributed by atoms with Crippen molar-refractivity contribution in [3.8, 4) is 5.75 Å². The second-order valence-electron chi connectivity index (χ2n) is 7.24. The van der Waals surface area contributed by atoms with Crippen molar-refractivity contribution in [2.45, 2.75) is 24.8 Å². The predicted molar refractivity (Wildman–Crippen MR) is 117 cm³/mol. The number of amidine groups is 1. The van der Waals surface area contributed by atoms with Crippen molar-refractivity contribution in [1.29, 1.82) is 0 Å². The number of hydrogen-bond acceptors (Lipinski definition) is 7. The summed E-state index contributed by atoms with van der Waals surface area (Å²) < 4.78 is 29.5. The maximum Gasteiger partial charge on any atom is 0.164 e. The van der Waals surface area contributed by atoms with Crippen LogP contribution in [0.15, 0.2) is 53.5 Å². The fourth-order valence-electron chi connectivity index (χ4n) is 3.68. The summed E-state index contributed by atoms with van der Waals surface area (Å²) in [6.07, 6.45) is 0. The van der Waals surface area contributed by atoms with E-state index in [-0.39, 0.29) is 29.4 Å². The lowest BCUT2D eigenvalue weighted by Crippen LogP contribution is -2.39. The third-order valence-electron chi connectivity index (χ3n) is 5.17. The van der Waals surface area contributed by atoms with E-state index in [2.05, 4.69) is 0 Å². The minimum Gasteiger partial charge on any atom is -0.497 e. The van der Waals surface area contributed by atoms with Crippen LogP contribution in [0.25, 0.3) is 0 Å². The highest BCUT2D eigenvalue weighted by atomic mass is 32.2. The van der Waals surface area contributed by atoms with Crippen molar-refractivity contribution >= 4 is 38.2 Å². The normalized spacial score (nSPS) is 22.3. The van der Waals surface area contributed by atoms with Gasteiger partial charge in [0.15, 0.2) is 20.8 Å². The Kier molecular flexibility index (Phi) is 5.40. The Morgan fingerprint density at radius 2 is 1.97 bits per heavy atom. The number of methoxy groups -OCH3 is 1. The highest BCUT2D eigenvalue weighted by molar-refractivity contribution is 8.13. The third-order valence-corrected chi connectivity index (χ3v) is 7.90. The molecule has 0 spiro atoms. The monoisotopic (exact) mass is 430 g/mol. The molecule has 0 amide bonds. The zero-order chi connectivity index (χ0) is 20.6. The number of rotatable bonds is 5. The van der Waals surface area contributed by atoms with Crippen LogP contribution in [-0.2, 0) is 15.6 Å². The molecule has 4 rings (SSSR count). The Morgan fingerprint density at radius 3 is 2.66 bits per heavy atom. The van der Waals surface area contributed by atoms with Gasteiger partial charge in [0.2, 0.25) is 0 Å². The van der Waals surface area contributed by atoms with Gasteiger partial charge in [-0.2, -0.15) is 0 Å². The summed E-state index contributed by atoms with van der Waals surface area (Å²) in [6, 6.07) is 14.7. The van der Waals surface area contributed by atoms with Gasteiger partial charge in [-0.1, -0.05) is 36.0 Å². The maximum atomic E-state index is 12.2. The smallest absolute Gasteiger partial charge is 0.164 e. The lowest BCUT2D eigenvalue weighted by Gasteiger charge is -2.26. The highest BCUT2D eigenvalue weighted by Crippen LogP contribution is 2.36. The Bertz CT molecular complexity index is 1060. The molecular formula is C21H22N2O4S2. The first-order chi connectivity index (χ1) is 13.9. The molecule has 2 aromatic carbocycles. The molecule has 0 aliphatic carbocycles. The lowest BCUT2D eigenvalue weighted by molar-refractivity contribution is 0.101. The molecule has 0 saturated carbocycles. The van der Waals surface area contributed by atoms with Crippen LogP contribution >= 0.6 is 11.8 Å². The molecule has 1 saturated heterocycles. The summed E-state index contributed by atoms with van der Waals surface area (Å²) in [7, 11) is -1.47. The molecular weight excluding hydrogens is 408 g/mol. The molecule has 6 nitrogen and oxygen atoms in total. The largest absolute Gasteiger partial charge is 0.497 e. The first-order valence-electron chi connectivity index (χ1n) is 9.30. The van der Waals surface area contributed by atoms with Crippen LogP contribution in [0.5, 0.6) is 5.75 Å². The number of anilines is 1. The minimum atomic E-state index is -3.11. The lowest BCUT2D eigenvalue weighted by atomic mass is 10.1. The zero-order valence-corrected chi connectivity index (χ0v) is 17.9. The average Bonchev–Trinajstić information content (AvgIpc) is 3.17. The molecule has 0 N–H and O–H groups in total. The number of benzene rings is 2. The standard InChI is InChI=1S/C21H22N2O4S2/c1-14(24)16-4-3-5-17(10-16)23-20-13-29(25,26)12-19(20)22-21(23)28-11-15-6-8-18(27-2)9-7-15/h3-10,19-20H,11-13H2,1-2H3/t19-,20+/m0/s1. The molecule has 2 aromatic rings. The molecule has 2 aliphatic heterocycles. The van der Waals surface area contributed by atoms with Crippen LogP contribution in [0.4, 0.5) is 5.69 Å². The Balaban J connectivity index is 1.61. The van der Waals surface area contributed by atoms with Crippen molar-refractivity contribution in [2.75, 3.05) is 23.5 Å². The van der Waals surface area contributed by atoms with Gasteiger partial charge in [0.05, 0.1) is 30.7 Å². The molecule has 0 radical (unpaired) electrons. The molecule has 1 fully saturated rings. The molecule has 2 atom stereocenters. The van der Waals surface area contributed by atoms with Gasteiger partial charge < -0.3 is 9.64 Å². The second-order valence-corrected chi connectivity index (χ2v) is 10.3. The van der Waals surface area contributed by atoms with E-state index in [4.69, 9.17) is 9.73 Å². The van der Waals surface area contributed by atoms with Crippen LogP contribution < -0.4 is 9.64 Å². The van der Waals surface area contributed by atoms with Crippen LogP contribution in [-0.4, -0.2) is 50.1 Å². The van der Waals surface area contributed by atoms with E-state index >= 15 is 0 Å². The summed E-state index contributed by atoms with van der Waals surface area (Å²) >= 11 is 1.58. The second kappa shape index (κ2) is 7.84. The van der Waals surface area contributed by atoms with Crippen molar-refractivity contribution in [1.82, 2.24) is 0 Å². The topological polar surface area (TPSA) is 76.0 Å². The van der Waals surface area contributed by atoms with E-state index in [0.717, 1.165) is 22.2 Å². The van der Waals surface area contributed by atoms with E-state index in [1.165, 1.54) is 6.92 Å². The van der Waals surface area contributed by atoms with Gasteiger partial charge in [-0.05, 0) is 36.8 Å². The third kappa shape index (κ3) is 4.18. The Hall–Kier alpha value is -2.32. The van der Waals surface area contributed by atoms with Gasteiger partial charge in [-0.3, -0.25) is 9.79 Å². The predicted octanol–water partition coefficient (Wildman–Crippen LogP) is 3.17. The zero-order valence-electron chi connectivity index (χ0n) is 16.2. The van der Waals surface area contributed by atoms with Gasteiger partial charge >= 0.3 is 0 Å². The number of Topliss-reactive ketones (excluding diaryl/α,β-unsaturated/α-hetero) is 1. The number of aliphatic imine (C=N–C) groups is 1. The molecule has 2 aliphatic rings. The number of hydrogen-bond donors (Lipinski definition) is 0. The minimum absolute atomic E-state index is 0.0222. The number of carbonyl (C=O) groups excluding carboxylic acids is 1. The van der Waals surface area contributed by atoms with Crippen LogP contribution in [0, 0.1) is 0 Å². The quantitative estimate of drug-likeness (QED) is 0.678. The molecule has 29 heavy (non-hydrogen) atoms. The SMILES string of the molecule is COc1ccc(CSC2=N[C@H]3CS(=O)(=O)C[C@H]3N2c2cccc(C(C)=O)c2)cc1. The fourth-order valence-corrected chi connectivity index (χ4v) is 6.60. The summed E-state index contributed by atoms with van der Waals surface area (Å²) in [5.41, 5.74) is 2.54. The van der Waals surface area contributed by atoms with E-state index in [1.807, 2.05) is 47.4 Å². The van der Waals surface area contributed by atoms with Crippen LogP contribution in [0.3, 0.4) is 0 Å². The van der Waals surface area contributed by atoms with Crippen molar-refractivity contribution in [2.24, 2.45) is 4.99 Å². The first kappa shape index (κ1) is 20.0. The first-order valence-corrected chi connectivity index (χ1v) is 12.1. The molecule has 152 valence electrons. The van der Waals surface area contributed by atoms with Gasteiger partial charge in [0.25, 0.3) is 0 Å². The summed E-state index contributed by atoms with van der Waals surface area (Å²) in [5.74, 6) is 1.65. The molecule has 2 heterocycles. The Morgan fingerprint density at radius 1 is 1.21 bits per heavy atom. The molecule has 0 aromatic heterocycles. The summed E-state index contributed by atoms with van der Waals surface area (Å²) in [5, 5.41) is 0.798. The van der Waals surface area contributed by atoms with E-state index in [0.29, 0.717) is 11.3 Å². The maximum absolute atomic E-state index is 12.2. The molecule has 8 heteroatoms. The van der Waals surface area contributed by atoms with Gasteiger partial charge in [-0.15, -0.1) is 0 Å². The fraction of sp³-hybridized carbons (Fsp3) is 0.333. The van der Waals surface area contributed by atoms with E-state index < -0.39 is 9.84 Å². The number of carbonyl (C=O) groups is 1. The summed E-state index contributed by atoms with van der Waals surface area (Å²) in [4.78, 5) is 18.6. The number of thioether (sulfide) groups is 1. The van der Waals surface area contributed by atoms with Crippen molar-refractivity contribution in [3.05, 3.63) is 59.7 Å². The highest BCUT2D eigenvalue weighted by Gasteiger charge is 2.47. The van der Waals surface area contributed by atoms with Crippen molar-refractivity contribution < 1.29 is 17.9 Å². The van der Waals surface area contributed by atoms with E-state index in [1.54, 1.807) is 24.9 Å². The van der Waals surface area contributed by atoms with Gasteiger partial charge in [0.1, 0.15) is 5.75 Å². The number of ketones is 1. The van der Waals surface area contributed by atoms with Gasteiger partial charge in [0, 0.05) is 17.0 Å². The van der Waals surface area contributed by atoms with Crippen LogP contribution in [0.1, 0.15) is 22.8 Å². The van der Waals surface area contributed by atoms with Gasteiger partial charge in [-0.25, -0.2) is 8.42 Å². The average molecular weight is 431 g/mol. The number of nitrogens with zero attached hydrogens (tertiary/aromatic N) is 2. The number of ether oxygens (including phenoxy) is 1. The molecule has 0 unspecified atom stereocenters. The number of sulfone groups is 1. The Labute approximate surface area is 174 Å². The molecule has 0 bridgehead atoms. The summed E-state index contributed by atoms with van der Waals surface area (Å²) in [6.45, 7) is 1.53.